The largest absolute Gasteiger partial charge is 1.00 e. The summed E-state index contributed by atoms with van der Waals surface area (Å²) in [5.41, 5.74) is 0. The maximum Gasteiger partial charge on any atom is 1.00 e. The molecule has 1 unspecified atom stereocenters. The molecule has 6 heteroatoms. The van der Waals surface area contributed by atoms with Crippen molar-refractivity contribution in [3.05, 3.63) is 30.3 Å². The predicted octanol–water partition coefficient (Wildman–Crippen LogP) is -1.28. The molecule has 0 spiro atoms. The number of carboxylic acid groups (broad SMARTS) is 1. The molecular formula is C8H9NaO2PS2+. The quantitative estimate of drug-likeness (QED) is 0.401. The first-order chi connectivity index (χ1) is 6.02. The van der Waals surface area contributed by atoms with E-state index in [1.54, 1.807) is 0 Å². The summed E-state index contributed by atoms with van der Waals surface area (Å²) in [7, 11) is 0. The first kappa shape index (κ1) is 14.7. The normalized spacial score (nSPS) is 13.8. The fourth-order valence-corrected chi connectivity index (χ4v) is 3.58. The summed E-state index contributed by atoms with van der Waals surface area (Å²) in [6.07, 6.45) is -0.0462. The van der Waals surface area contributed by atoms with E-state index in [9.17, 15) is 4.79 Å². The molecule has 1 N–H and O–H groups in total. The Balaban J connectivity index is 0.00000169. The van der Waals surface area contributed by atoms with Crippen molar-refractivity contribution in [2.45, 2.75) is 0 Å². The van der Waals surface area contributed by atoms with Crippen LogP contribution in [0.2, 0.25) is 0 Å². The Bertz CT molecular complexity index is 356. The number of hydrogen-bond donors (Lipinski definition) is 2. The van der Waals surface area contributed by atoms with Crippen LogP contribution in [-0.4, -0.2) is 17.2 Å². The van der Waals surface area contributed by atoms with Crippen LogP contribution in [0.3, 0.4) is 0 Å². The molecule has 1 aromatic carbocycles. The zero-order valence-corrected chi connectivity index (χ0v) is 12.4. The fourth-order valence-electron chi connectivity index (χ4n) is 0.936. The van der Waals surface area contributed by atoms with Crippen LogP contribution in [0.15, 0.2) is 30.3 Å². The molecule has 2 nitrogen and oxygen atoms in total. The van der Waals surface area contributed by atoms with Crippen LogP contribution in [-0.2, 0) is 16.6 Å². The van der Waals surface area contributed by atoms with Crippen molar-refractivity contribution < 1.29 is 39.5 Å². The molecule has 0 bridgehead atoms. The average Bonchev–Trinajstić information content (AvgIpc) is 2.04. The van der Waals surface area contributed by atoms with Crippen molar-refractivity contribution >= 4 is 40.6 Å². The molecule has 0 aliphatic carbocycles. The molecule has 0 aliphatic heterocycles. The fraction of sp³-hybridized carbons (Fsp3) is 0.125. The van der Waals surface area contributed by atoms with Crippen LogP contribution >= 0.6 is 17.5 Å². The van der Waals surface area contributed by atoms with Crippen molar-refractivity contribution in [2.75, 3.05) is 6.16 Å². The number of benzene rings is 1. The minimum absolute atomic E-state index is 0. The summed E-state index contributed by atoms with van der Waals surface area (Å²) in [5, 5.41) is 7.31. The Hall–Kier alpha value is 0.690. The van der Waals surface area contributed by atoms with Crippen molar-refractivity contribution in [3.8, 4) is 0 Å². The van der Waals surface area contributed by atoms with E-state index in [2.05, 4.69) is 12.2 Å². The van der Waals surface area contributed by atoms with Crippen molar-refractivity contribution in [2.24, 2.45) is 0 Å². The molecule has 1 aromatic rings. The van der Waals surface area contributed by atoms with Crippen LogP contribution in [0, 0.1) is 0 Å². The molecule has 0 radical (unpaired) electrons. The molecule has 0 amide bonds. The average molecular weight is 255 g/mol. The predicted molar refractivity (Wildman–Crippen MR) is 61.8 cm³/mol. The van der Waals surface area contributed by atoms with Crippen LogP contribution < -0.4 is 34.9 Å². The van der Waals surface area contributed by atoms with Crippen molar-refractivity contribution in [1.82, 2.24) is 0 Å². The molecule has 0 aliphatic rings. The maximum atomic E-state index is 10.5. The number of carbonyl (C=O) groups is 1. The van der Waals surface area contributed by atoms with Gasteiger partial charge in [0, 0.05) is 5.24 Å². The first-order valence-electron chi connectivity index (χ1n) is 3.61. The van der Waals surface area contributed by atoms with E-state index < -0.39 is 11.2 Å². The van der Waals surface area contributed by atoms with E-state index >= 15 is 0 Å². The molecule has 0 saturated heterocycles. The minimum atomic E-state index is -2.17. The summed E-state index contributed by atoms with van der Waals surface area (Å²) in [5.74, 6) is -0.887. The molecule has 70 valence electrons. The molecular weight excluding hydrogens is 246 g/mol. The van der Waals surface area contributed by atoms with Gasteiger partial charge in [-0.05, 0) is 5.30 Å². The van der Waals surface area contributed by atoms with Gasteiger partial charge in [-0.15, -0.1) is 12.2 Å². The Morgan fingerprint density at radius 3 is 2.36 bits per heavy atom. The van der Waals surface area contributed by atoms with E-state index in [1.807, 2.05) is 30.3 Å². The van der Waals surface area contributed by atoms with Gasteiger partial charge in [-0.1, -0.05) is 42.1 Å². The summed E-state index contributed by atoms with van der Waals surface area (Å²) in [4.78, 5) is 10.5. The number of carboxylic acids is 1. The number of hydrogen-bond acceptors (Lipinski definition) is 2. The summed E-state index contributed by atoms with van der Waals surface area (Å²) < 4.78 is 0. The van der Waals surface area contributed by atoms with E-state index in [0.717, 1.165) is 5.30 Å². The van der Waals surface area contributed by atoms with E-state index in [4.69, 9.17) is 16.9 Å². The molecule has 0 aromatic heterocycles. The summed E-state index contributed by atoms with van der Waals surface area (Å²) in [6, 6.07) is 9.21. The first-order valence-corrected chi connectivity index (χ1v) is 7.75. The van der Waals surface area contributed by atoms with Gasteiger partial charge in [0.15, 0.2) is 0 Å². The van der Waals surface area contributed by atoms with E-state index in [0.29, 0.717) is 0 Å². The van der Waals surface area contributed by atoms with Crippen molar-refractivity contribution in [1.29, 1.82) is 0 Å². The van der Waals surface area contributed by atoms with Gasteiger partial charge in [-0.3, -0.25) is 4.79 Å². The minimum Gasteiger partial charge on any atom is -0.481 e. The molecule has 0 saturated carbocycles. The van der Waals surface area contributed by atoms with Gasteiger partial charge in [0.1, 0.15) is 0 Å². The van der Waals surface area contributed by atoms with Gasteiger partial charge < -0.3 is 5.11 Å². The second kappa shape index (κ2) is 6.31. The van der Waals surface area contributed by atoms with E-state index in [-0.39, 0.29) is 35.7 Å². The van der Waals surface area contributed by atoms with Gasteiger partial charge in [-0.25, -0.2) is 0 Å². The van der Waals surface area contributed by atoms with Crippen LogP contribution in [0.1, 0.15) is 0 Å². The second-order valence-corrected chi connectivity index (χ2v) is 9.56. The Labute approximate surface area is 116 Å². The van der Waals surface area contributed by atoms with Gasteiger partial charge in [0.2, 0.25) is 0 Å². The number of aliphatic carboxylic acids is 1. The maximum absolute atomic E-state index is 10.5. The smallest absolute Gasteiger partial charge is 0.481 e. The third-order valence-corrected chi connectivity index (χ3v) is 5.45. The topological polar surface area (TPSA) is 37.3 Å². The van der Waals surface area contributed by atoms with Gasteiger partial charge in [0.25, 0.3) is 0 Å². The second-order valence-electron chi connectivity index (χ2n) is 2.59. The SMILES string of the molecule is O=C(O)CP(=S)(S)c1ccccc1.[Na+]. The molecule has 14 heavy (non-hydrogen) atoms. The molecule has 0 heterocycles. The third kappa shape index (κ3) is 4.47. The Morgan fingerprint density at radius 1 is 1.43 bits per heavy atom. The third-order valence-electron chi connectivity index (χ3n) is 1.51. The van der Waals surface area contributed by atoms with Crippen LogP contribution in [0.25, 0.3) is 0 Å². The van der Waals surface area contributed by atoms with Gasteiger partial charge in [-0.2, -0.15) is 0 Å². The summed E-state index contributed by atoms with van der Waals surface area (Å²) in [6.45, 7) is 0. The van der Waals surface area contributed by atoms with Crippen molar-refractivity contribution in [3.63, 3.8) is 0 Å². The molecule has 1 rings (SSSR count). The van der Waals surface area contributed by atoms with Crippen LogP contribution in [0.5, 0.6) is 0 Å². The number of rotatable bonds is 3. The van der Waals surface area contributed by atoms with E-state index in [1.165, 1.54) is 0 Å². The number of thiol groups is 1. The monoisotopic (exact) mass is 255 g/mol. The zero-order chi connectivity index (χ0) is 9.90. The molecule has 0 fully saturated rings. The molecule has 1 atom stereocenters. The Kier molecular flexibility index (Phi) is 6.62. The Morgan fingerprint density at radius 2 is 1.93 bits per heavy atom. The van der Waals surface area contributed by atoms with Gasteiger partial charge >= 0.3 is 35.5 Å². The van der Waals surface area contributed by atoms with Crippen LogP contribution in [0.4, 0.5) is 0 Å². The zero-order valence-electron chi connectivity index (χ0n) is 7.75. The van der Waals surface area contributed by atoms with Gasteiger partial charge in [0.05, 0.1) is 6.16 Å². The summed E-state index contributed by atoms with van der Waals surface area (Å²) >= 11 is 9.44. The standard InChI is InChI=1S/C8H9O2PS2.Na/c9-8(10)6-11(12,13)7-4-2-1-3-5-7;/h1-5H,6H2,(H,9,10)(H,12,13);/q;+1.